The molecule has 0 radical (unpaired) electrons. The Morgan fingerprint density at radius 2 is 2.24 bits per heavy atom. The number of nitrogens with two attached hydrogens (primary N) is 1. The second-order valence-electron chi connectivity index (χ2n) is 5.28. The molecule has 0 bridgehead atoms. The molecule has 1 saturated heterocycles. The predicted molar refractivity (Wildman–Crippen MR) is 68.6 cm³/mol. The van der Waals surface area contributed by atoms with E-state index in [1.54, 1.807) is 0 Å². The van der Waals surface area contributed by atoms with E-state index in [4.69, 9.17) is 10.5 Å². The van der Waals surface area contributed by atoms with E-state index in [9.17, 15) is 4.79 Å². The summed E-state index contributed by atoms with van der Waals surface area (Å²) in [4.78, 5) is 11.7. The van der Waals surface area contributed by atoms with Gasteiger partial charge in [0.1, 0.15) is 0 Å². The standard InChI is InChI=1S/C13H26N2O2/c1-4-12-10(5-6-17-12)8-15-13(16)7-11(14)9(2)3/h9-12H,4-8,14H2,1-3H3,(H,15,16). The Hall–Kier alpha value is -0.610. The van der Waals surface area contributed by atoms with Gasteiger partial charge in [-0.2, -0.15) is 0 Å². The van der Waals surface area contributed by atoms with E-state index in [-0.39, 0.29) is 11.9 Å². The fourth-order valence-corrected chi connectivity index (χ4v) is 2.14. The Kier molecular flexibility index (Phi) is 5.92. The highest BCUT2D eigenvalue weighted by Gasteiger charge is 2.27. The predicted octanol–water partition coefficient (Wildman–Crippen LogP) is 1.29. The van der Waals surface area contributed by atoms with Crippen LogP contribution in [0.2, 0.25) is 0 Å². The topological polar surface area (TPSA) is 64.3 Å². The average molecular weight is 242 g/mol. The lowest BCUT2D eigenvalue weighted by atomic mass is 9.99. The molecule has 4 nitrogen and oxygen atoms in total. The highest BCUT2D eigenvalue weighted by molar-refractivity contribution is 5.76. The van der Waals surface area contributed by atoms with Gasteiger partial charge in [0.2, 0.25) is 5.91 Å². The van der Waals surface area contributed by atoms with Gasteiger partial charge in [0.25, 0.3) is 0 Å². The molecule has 1 amide bonds. The van der Waals surface area contributed by atoms with Crippen molar-refractivity contribution < 1.29 is 9.53 Å². The summed E-state index contributed by atoms with van der Waals surface area (Å²) in [6, 6.07) is -0.0446. The molecule has 3 atom stereocenters. The van der Waals surface area contributed by atoms with Gasteiger partial charge in [0.15, 0.2) is 0 Å². The first-order valence-electron chi connectivity index (χ1n) is 6.68. The molecule has 1 aliphatic heterocycles. The van der Waals surface area contributed by atoms with Crippen molar-refractivity contribution in [2.75, 3.05) is 13.2 Å². The van der Waals surface area contributed by atoms with Crippen molar-refractivity contribution in [2.24, 2.45) is 17.6 Å². The summed E-state index contributed by atoms with van der Waals surface area (Å²) in [7, 11) is 0. The highest BCUT2D eigenvalue weighted by Crippen LogP contribution is 2.22. The maximum absolute atomic E-state index is 11.7. The summed E-state index contributed by atoms with van der Waals surface area (Å²) < 4.78 is 5.59. The van der Waals surface area contributed by atoms with Crippen LogP contribution >= 0.6 is 0 Å². The molecule has 0 aliphatic carbocycles. The largest absolute Gasteiger partial charge is 0.378 e. The number of hydrogen-bond acceptors (Lipinski definition) is 3. The molecule has 0 spiro atoms. The van der Waals surface area contributed by atoms with Gasteiger partial charge in [-0.05, 0) is 18.8 Å². The third-order valence-corrected chi connectivity index (χ3v) is 3.59. The van der Waals surface area contributed by atoms with Crippen LogP contribution in [0.25, 0.3) is 0 Å². The molecular formula is C13H26N2O2. The first kappa shape index (κ1) is 14.5. The Labute approximate surface area is 104 Å². The molecule has 0 saturated carbocycles. The van der Waals surface area contributed by atoms with Crippen molar-refractivity contribution in [1.82, 2.24) is 5.32 Å². The van der Waals surface area contributed by atoms with Gasteiger partial charge < -0.3 is 15.8 Å². The normalized spacial score (nSPS) is 26.2. The van der Waals surface area contributed by atoms with Crippen LogP contribution in [0.4, 0.5) is 0 Å². The van der Waals surface area contributed by atoms with Gasteiger partial charge in [0.05, 0.1) is 6.10 Å². The summed E-state index contributed by atoms with van der Waals surface area (Å²) in [5, 5.41) is 2.98. The number of rotatable bonds is 6. The van der Waals surface area contributed by atoms with Crippen LogP contribution in [0, 0.1) is 11.8 Å². The molecule has 4 heteroatoms. The lowest BCUT2D eigenvalue weighted by Gasteiger charge is -2.19. The van der Waals surface area contributed by atoms with Crippen LogP contribution in [0.1, 0.15) is 40.0 Å². The monoisotopic (exact) mass is 242 g/mol. The average Bonchev–Trinajstić information content (AvgIpc) is 2.73. The van der Waals surface area contributed by atoms with Crippen molar-refractivity contribution in [3.05, 3.63) is 0 Å². The van der Waals surface area contributed by atoms with E-state index < -0.39 is 0 Å². The maximum Gasteiger partial charge on any atom is 0.221 e. The first-order valence-corrected chi connectivity index (χ1v) is 6.68. The maximum atomic E-state index is 11.7. The number of nitrogens with one attached hydrogen (secondary N) is 1. The van der Waals surface area contributed by atoms with Gasteiger partial charge in [0, 0.05) is 31.5 Å². The van der Waals surface area contributed by atoms with E-state index in [0.717, 1.165) is 26.0 Å². The Morgan fingerprint density at radius 3 is 2.82 bits per heavy atom. The summed E-state index contributed by atoms with van der Waals surface area (Å²) >= 11 is 0. The third kappa shape index (κ3) is 4.64. The number of amides is 1. The first-order chi connectivity index (χ1) is 8.04. The van der Waals surface area contributed by atoms with Crippen LogP contribution < -0.4 is 11.1 Å². The highest BCUT2D eigenvalue weighted by atomic mass is 16.5. The van der Waals surface area contributed by atoms with E-state index in [2.05, 4.69) is 12.2 Å². The van der Waals surface area contributed by atoms with Crippen molar-refractivity contribution >= 4 is 5.91 Å². The molecule has 3 unspecified atom stereocenters. The lowest BCUT2D eigenvalue weighted by Crippen LogP contribution is -2.38. The summed E-state index contributed by atoms with van der Waals surface area (Å²) in [6.07, 6.45) is 2.80. The second-order valence-corrected chi connectivity index (χ2v) is 5.28. The smallest absolute Gasteiger partial charge is 0.221 e. The molecule has 3 N–H and O–H groups in total. The van der Waals surface area contributed by atoms with Crippen LogP contribution in [-0.4, -0.2) is 31.2 Å². The van der Waals surface area contributed by atoms with E-state index in [1.165, 1.54) is 0 Å². The Balaban J connectivity index is 2.23. The lowest BCUT2D eigenvalue weighted by molar-refractivity contribution is -0.121. The Morgan fingerprint density at radius 1 is 1.53 bits per heavy atom. The second kappa shape index (κ2) is 6.97. The minimum absolute atomic E-state index is 0.0446. The molecule has 0 aromatic carbocycles. The molecule has 100 valence electrons. The van der Waals surface area contributed by atoms with Crippen molar-refractivity contribution in [3.8, 4) is 0 Å². The number of ether oxygens (including phenoxy) is 1. The molecule has 1 aliphatic rings. The van der Waals surface area contributed by atoms with Gasteiger partial charge in [-0.3, -0.25) is 4.79 Å². The molecular weight excluding hydrogens is 216 g/mol. The van der Waals surface area contributed by atoms with E-state index >= 15 is 0 Å². The van der Waals surface area contributed by atoms with Crippen LogP contribution in [-0.2, 0) is 9.53 Å². The van der Waals surface area contributed by atoms with E-state index in [1.807, 2.05) is 13.8 Å². The molecule has 17 heavy (non-hydrogen) atoms. The van der Waals surface area contributed by atoms with Crippen LogP contribution in [0.15, 0.2) is 0 Å². The number of carbonyl (C=O) groups excluding carboxylic acids is 1. The van der Waals surface area contributed by atoms with Crippen molar-refractivity contribution in [2.45, 2.75) is 52.2 Å². The van der Waals surface area contributed by atoms with Gasteiger partial charge in [-0.25, -0.2) is 0 Å². The zero-order valence-electron chi connectivity index (χ0n) is 11.2. The van der Waals surface area contributed by atoms with E-state index in [0.29, 0.717) is 24.4 Å². The van der Waals surface area contributed by atoms with Gasteiger partial charge in [-0.15, -0.1) is 0 Å². The molecule has 1 fully saturated rings. The van der Waals surface area contributed by atoms with Crippen molar-refractivity contribution in [3.63, 3.8) is 0 Å². The minimum atomic E-state index is -0.0446. The number of carbonyl (C=O) groups is 1. The summed E-state index contributed by atoms with van der Waals surface area (Å²) in [6.45, 7) is 7.75. The summed E-state index contributed by atoms with van der Waals surface area (Å²) in [5.74, 6) is 0.881. The SMILES string of the molecule is CCC1OCCC1CNC(=O)CC(N)C(C)C. The fraction of sp³-hybridized carbons (Fsp3) is 0.923. The number of hydrogen-bond donors (Lipinski definition) is 2. The summed E-state index contributed by atoms with van der Waals surface area (Å²) in [5.41, 5.74) is 5.87. The van der Waals surface area contributed by atoms with Crippen LogP contribution in [0.3, 0.4) is 0 Å². The minimum Gasteiger partial charge on any atom is -0.378 e. The zero-order chi connectivity index (χ0) is 12.8. The third-order valence-electron chi connectivity index (χ3n) is 3.59. The Bertz CT molecular complexity index is 244. The van der Waals surface area contributed by atoms with Gasteiger partial charge >= 0.3 is 0 Å². The molecule has 1 rings (SSSR count). The van der Waals surface area contributed by atoms with Gasteiger partial charge in [-0.1, -0.05) is 20.8 Å². The fourth-order valence-electron chi connectivity index (χ4n) is 2.14. The molecule has 0 aromatic heterocycles. The zero-order valence-corrected chi connectivity index (χ0v) is 11.2. The molecule has 0 aromatic rings. The van der Waals surface area contributed by atoms with Crippen LogP contribution in [0.5, 0.6) is 0 Å². The van der Waals surface area contributed by atoms with Crippen molar-refractivity contribution in [1.29, 1.82) is 0 Å². The molecule has 1 heterocycles. The quantitative estimate of drug-likeness (QED) is 0.737.